The van der Waals surface area contributed by atoms with Crippen molar-refractivity contribution in [1.82, 2.24) is 5.32 Å². The summed E-state index contributed by atoms with van der Waals surface area (Å²) < 4.78 is 0. The van der Waals surface area contributed by atoms with Crippen LogP contribution in [0.2, 0.25) is 0 Å². The van der Waals surface area contributed by atoms with Crippen molar-refractivity contribution < 1.29 is 0 Å². The van der Waals surface area contributed by atoms with E-state index in [9.17, 15) is 0 Å². The fraction of sp³-hybridized carbons (Fsp3) is 0.600. The zero-order valence-electron chi connectivity index (χ0n) is 11.8. The highest BCUT2D eigenvalue weighted by atomic mass is 15.1. The van der Waals surface area contributed by atoms with E-state index in [4.69, 9.17) is 0 Å². The third-order valence-electron chi connectivity index (χ3n) is 3.37. The Bertz CT molecular complexity index is 316. The van der Waals surface area contributed by atoms with Gasteiger partial charge < -0.3 is 10.2 Å². The van der Waals surface area contributed by atoms with Gasteiger partial charge in [0.05, 0.1) is 0 Å². The van der Waals surface area contributed by atoms with E-state index in [1.807, 2.05) is 7.05 Å². The molecule has 0 spiro atoms. The van der Waals surface area contributed by atoms with Crippen molar-refractivity contribution in [1.29, 1.82) is 0 Å². The highest BCUT2D eigenvalue weighted by Gasteiger charge is 2.15. The highest BCUT2D eigenvalue weighted by molar-refractivity contribution is 5.47. The summed E-state index contributed by atoms with van der Waals surface area (Å²) in [6, 6.07) is 9.33. The molecule has 0 aliphatic carbocycles. The van der Waals surface area contributed by atoms with Crippen molar-refractivity contribution in [3.8, 4) is 0 Å². The molecule has 1 aromatic carbocycles. The minimum atomic E-state index is 0.538. The van der Waals surface area contributed by atoms with Crippen LogP contribution in [0.4, 0.5) is 5.69 Å². The van der Waals surface area contributed by atoms with Crippen LogP contribution in [-0.4, -0.2) is 26.2 Å². The van der Waals surface area contributed by atoms with Gasteiger partial charge in [0.1, 0.15) is 0 Å². The van der Waals surface area contributed by atoms with Crippen molar-refractivity contribution in [2.75, 3.05) is 25.0 Å². The maximum Gasteiger partial charge on any atom is 0.0366 e. The Balaban J connectivity index is 2.74. The first-order chi connectivity index (χ1) is 8.08. The van der Waals surface area contributed by atoms with Gasteiger partial charge in [-0.05, 0) is 38.9 Å². The van der Waals surface area contributed by atoms with Crippen LogP contribution in [0.5, 0.6) is 0 Å². The third-order valence-corrected chi connectivity index (χ3v) is 3.37. The third kappa shape index (κ3) is 4.04. The van der Waals surface area contributed by atoms with E-state index in [1.165, 1.54) is 11.3 Å². The maximum absolute atomic E-state index is 3.41. The van der Waals surface area contributed by atoms with Gasteiger partial charge >= 0.3 is 0 Å². The van der Waals surface area contributed by atoms with Crippen molar-refractivity contribution in [3.63, 3.8) is 0 Å². The summed E-state index contributed by atoms with van der Waals surface area (Å²) in [6.07, 6.45) is 0. The number of likely N-dealkylation sites (N-methyl/N-ethyl adjacent to an activating group) is 2. The van der Waals surface area contributed by atoms with Crippen molar-refractivity contribution in [3.05, 3.63) is 29.8 Å². The second kappa shape index (κ2) is 6.65. The number of benzene rings is 1. The predicted octanol–water partition coefficient (Wildman–Crippen LogP) is 3.07. The van der Waals surface area contributed by atoms with E-state index in [1.54, 1.807) is 0 Å². The minimum Gasteiger partial charge on any atom is -0.370 e. The molecule has 96 valence electrons. The van der Waals surface area contributed by atoms with Gasteiger partial charge in [-0.25, -0.2) is 0 Å². The Kier molecular flexibility index (Phi) is 5.49. The first-order valence-corrected chi connectivity index (χ1v) is 6.57. The molecule has 0 aliphatic rings. The molecule has 0 heterocycles. The Morgan fingerprint density at radius 3 is 2.18 bits per heavy atom. The van der Waals surface area contributed by atoms with E-state index in [-0.39, 0.29) is 0 Å². The molecule has 1 unspecified atom stereocenters. The monoisotopic (exact) mass is 234 g/mol. The largest absolute Gasteiger partial charge is 0.370 e. The molecule has 0 bridgehead atoms. The lowest BCUT2D eigenvalue weighted by molar-refractivity contribution is 0.425. The Hall–Kier alpha value is -1.02. The van der Waals surface area contributed by atoms with Gasteiger partial charge in [-0.3, -0.25) is 0 Å². The van der Waals surface area contributed by atoms with Crippen LogP contribution < -0.4 is 10.2 Å². The van der Waals surface area contributed by atoms with E-state index in [0.717, 1.165) is 13.1 Å². The topological polar surface area (TPSA) is 15.3 Å². The summed E-state index contributed by atoms with van der Waals surface area (Å²) in [4.78, 5) is 2.43. The fourth-order valence-electron chi connectivity index (χ4n) is 2.05. The van der Waals surface area contributed by atoms with Crippen molar-refractivity contribution in [2.24, 2.45) is 5.92 Å². The molecule has 1 N–H and O–H groups in total. The predicted molar refractivity (Wildman–Crippen MR) is 76.8 cm³/mol. The molecule has 0 saturated heterocycles. The standard InChI is InChI=1S/C15H26N2/c1-6-17(11-15(16-5)12(2)3)14-9-7-13(4)8-10-14/h7-10,12,15-16H,6,11H2,1-5H3. The number of hydrogen-bond acceptors (Lipinski definition) is 2. The lowest BCUT2D eigenvalue weighted by Crippen LogP contribution is -2.42. The van der Waals surface area contributed by atoms with Gasteiger partial charge in [-0.15, -0.1) is 0 Å². The fourth-order valence-corrected chi connectivity index (χ4v) is 2.05. The average molecular weight is 234 g/mol. The zero-order valence-corrected chi connectivity index (χ0v) is 11.8. The van der Waals surface area contributed by atoms with Gasteiger partial charge in [0.2, 0.25) is 0 Å². The number of hydrogen-bond donors (Lipinski definition) is 1. The second-order valence-corrected chi connectivity index (χ2v) is 5.01. The molecule has 2 nitrogen and oxygen atoms in total. The molecular formula is C15H26N2. The van der Waals surface area contributed by atoms with Crippen LogP contribution in [-0.2, 0) is 0 Å². The van der Waals surface area contributed by atoms with Crippen LogP contribution in [0.1, 0.15) is 26.3 Å². The number of nitrogens with zero attached hydrogens (tertiary/aromatic N) is 1. The molecule has 0 amide bonds. The van der Waals surface area contributed by atoms with Crippen LogP contribution in [0.15, 0.2) is 24.3 Å². The summed E-state index contributed by atoms with van der Waals surface area (Å²) in [5, 5.41) is 3.41. The van der Waals surface area contributed by atoms with E-state index in [0.29, 0.717) is 12.0 Å². The molecule has 2 heteroatoms. The Labute approximate surface area is 106 Å². The molecule has 17 heavy (non-hydrogen) atoms. The van der Waals surface area contributed by atoms with Crippen LogP contribution in [0, 0.1) is 12.8 Å². The van der Waals surface area contributed by atoms with Crippen molar-refractivity contribution in [2.45, 2.75) is 33.7 Å². The van der Waals surface area contributed by atoms with Gasteiger partial charge in [0.25, 0.3) is 0 Å². The Morgan fingerprint density at radius 2 is 1.76 bits per heavy atom. The molecule has 0 aromatic heterocycles. The number of rotatable bonds is 6. The van der Waals surface area contributed by atoms with Crippen molar-refractivity contribution >= 4 is 5.69 Å². The van der Waals surface area contributed by atoms with E-state index in [2.05, 4.69) is 62.2 Å². The van der Waals surface area contributed by atoms with Crippen LogP contribution in [0.25, 0.3) is 0 Å². The maximum atomic E-state index is 3.41. The average Bonchev–Trinajstić information content (AvgIpc) is 2.32. The Morgan fingerprint density at radius 1 is 1.18 bits per heavy atom. The first kappa shape index (κ1) is 14.0. The summed E-state index contributed by atoms with van der Waals surface area (Å²) in [5.41, 5.74) is 2.64. The molecule has 1 aromatic rings. The summed E-state index contributed by atoms with van der Waals surface area (Å²) in [6.45, 7) is 11.0. The molecule has 1 atom stereocenters. The minimum absolute atomic E-state index is 0.538. The quantitative estimate of drug-likeness (QED) is 0.814. The number of anilines is 1. The summed E-state index contributed by atoms with van der Waals surface area (Å²) in [5.74, 6) is 0.652. The van der Waals surface area contributed by atoms with Crippen LogP contribution >= 0.6 is 0 Å². The summed E-state index contributed by atoms with van der Waals surface area (Å²) >= 11 is 0. The van der Waals surface area contributed by atoms with E-state index >= 15 is 0 Å². The normalized spacial score (nSPS) is 12.8. The molecule has 0 radical (unpaired) electrons. The number of aryl methyl sites for hydroxylation is 1. The van der Waals surface area contributed by atoms with Gasteiger partial charge in [0, 0.05) is 24.8 Å². The zero-order chi connectivity index (χ0) is 12.8. The van der Waals surface area contributed by atoms with Gasteiger partial charge in [-0.2, -0.15) is 0 Å². The first-order valence-electron chi connectivity index (χ1n) is 6.57. The molecule has 1 rings (SSSR count). The second-order valence-electron chi connectivity index (χ2n) is 5.01. The highest BCUT2D eigenvalue weighted by Crippen LogP contribution is 2.16. The molecule has 0 fully saturated rings. The van der Waals surface area contributed by atoms with E-state index < -0.39 is 0 Å². The molecular weight excluding hydrogens is 208 g/mol. The lowest BCUT2D eigenvalue weighted by atomic mass is 10.0. The number of nitrogens with one attached hydrogen (secondary N) is 1. The lowest BCUT2D eigenvalue weighted by Gasteiger charge is -2.30. The SMILES string of the molecule is CCN(CC(NC)C(C)C)c1ccc(C)cc1. The van der Waals surface area contributed by atoms with Gasteiger partial charge in [-0.1, -0.05) is 31.5 Å². The smallest absolute Gasteiger partial charge is 0.0366 e. The molecule has 0 aliphatic heterocycles. The molecule has 0 saturated carbocycles. The van der Waals surface area contributed by atoms with Gasteiger partial charge in [0.15, 0.2) is 0 Å². The summed E-state index contributed by atoms with van der Waals surface area (Å²) in [7, 11) is 2.05. The van der Waals surface area contributed by atoms with Crippen LogP contribution in [0.3, 0.4) is 0 Å².